The second-order valence-electron chi connectivity index (χ2n) is 4.02. The summed E-state index contributed by atoms with van der Waals surface area (Å²) in [4.78, 5) is 11.6. The van der Waals surface area contributed by atoms with Crippen LogP contribution >= 0.6 is 0 Å². The molecule has 0 aliphatic carbocycles. The molecule has 18 heavy (non-hydrogen) atoms. The van der Waals surface area contributed by atoms with Gasteiger partial charge in [-0.15, -0.1) is 0 Å². The Bertz CT molecular complexity index is 398. The normalized spacial score (nSPS) is 13.8. The Morgan fingerprint density at radius 3 is 2.89 bits per heavy atom. The zero-order chi connectivity index (χ0) is 13.5. The summed E-state index contributed by atoms with van der Waals surface area (Å²) in [6.07, 6.45) is -0.731. The van der Waals surface area contributed by atoms with E-state index in [1.165, 1.54) is 18.2 Å². The van der Waals surface area contributed by atoms with E-state index in [4.69, 9.17) is 4.74 Å². The van der Waals surface area contributed by atoms with Gasteiger partial charge in [0, 0.05) is 12.6 Å². The van der Waals surface area contributed by atoms with E-state index >= 15 is 0 Å². The van der Waals surface area contributed by atoms with Crippen molar-refractivity contribution < 1.29 is 19.0 Å². The molecule has 1 aromatic rings. The van der Waals surface area contributed by atoms with Gasteiger partial charge in [-0.05, 0) is 25.5 Å². The second-order valence-corrected chi connectivity index (χ2v) is 4.02. The lowest BCUT2D eigenvalue weighted by Gasteiger charge is -2.16. The molecule has 0 aliphatic heterocycles. The SMILES string of the molecule is CCC(O)CNC(=O)C(C)Oc1cccc(F)c1. The standard InChI is InChI=1S/C13H18FNO3/c1-3-11(16)8-15-13(17)9(2)18-12-6-4-5-10(14)7-12/h4-7,9,11,16H,3,8H2,1-2H3,(H,15,17). The number of hydrogen-bond acceptors (Lipinski definition) is 3. The summed E-state index contributed by atoms with van der Waals surface area (Å²) >= 11 is 0. The Morgan fingerprint density at radius 2 is 2.28 bits per heavy atom. The predicted octanol–water partition coefficient (Wildman–Crippen LogP) is 1.48. The number of benzene rings is 1. The molecule has 0 fully saturated rings. The van der Waals surface area contributed by atoms with Gasteiger partial charge < -0.3 is 15.2 Å². The lowest BCUT2D eigenvalue weighted by molar-refractivity contribution is -0.127. The van der Waals surface area contributed by atoms with Crippen LogP contribution in [0.2, 0.25) is 0 Å². The first-order valence-electron chi connectivity index (χ1n) is 5.91. The van der Waals surface area contributed by atoms with Crippen LogP contribution in [0.4, 0.5) is 4.39 Å². The number of aliphatic hydroxyl groups is 1. The summed E-state index contributed by atoms with van der Waals surface area (Å²) in [5, 5.41) is 11.9. The maximum Gasteiger partial charge on any atom is 0.260 e. The summed E-state index contributed by atoms with van der Waals surface area (Å²) in [5.41, 5.74) is 0. The van der Waals surface area contributed by atoms with Crippen molar-refractivity contribution in [1.29, 1.82) is 0 Å². The largest absolute Gasteiger partial charge is 0.481 e. The summed E-state index contributed by atoms with van der Waals surface area (Å²) in [7, 11) is 0. The number of halogens is 1. The van der Waals surface area contributed by atoms with E-state index in [1.54, 1.807) is 13.0 Å². The average molecular weight is 255 g/mol. The van der Waals surface area contributed by atoms with Crippen LogP contribution in [-0.2, 0) is 4.79 Å². The third-order valence-electron chi connectivity index (χ3n) is 2.46. The highest BCUT2D eigenvalue weighted by molar-refractivity contribution is 5.80. The van der Waals surface area contributed by atoms with Gasteiger partial charge in [0.25, 0.3) is 5.91 Å². The van der Waals surface area contributed by atoms with Crippen LogP contribution in [0.5, 0.6) is 5.75 Å². The van der Waals surface area contributed by atoms with Gasteiger partial charge in [0.1, 0.15) is 11.6 Å². The molecule has 0 aromatic heterocycles. The molecule has 0 radical (unpaired) electrons. The summed E-state index contributed by atoms with van der Waals surface area (Å²) in [6.45, 7) is 3.58. The topological polar surface area (TPSA) is 58.6 Å². The van der Waals surface area contributed by atoms with Crippen LogP contribution in [0.25, 0.3) is 0 Å². The molecular weight excluding hydrogens is 237 g/mol. The molecule has 1 amide bonds. The van der Waals surface area contributed by atoms with Crippen molar-refractivity contribution in [3.05, 3.63) is 30.1 Å². The third kappa shape index (κ3) is 4.71. The molecule has 100 valence electrons. The lowest BCUT2D eigenvalue weighted by atomic mass is 10.2. The number of carbonyl (C=O) groups is 1. The minimum Gasteiger partial charge on any atom is -0.481 e. The number of hydrogen-bond donors (Lipinski definition) is 2. The summed E-state index contributed by atoms with van der Waals surface area (Å²) in [5.74, 6) is -0.457. The van der Waals surface area contributed by atoms with E-state index in [0.29, 0.717) is 12.2 Å². The van der Waals surface area contributed by atoms with Crippen molar-refractivity contribution >= 4 is 5.91 Å². The van der Waals surface area contributed by atoms with Crippen molar-refractivity contribution in [2.45, 2.75) is 32.5 Å². The molecule has 0 bridgehead atoms. The van der Waals surface area contributed by atoms with E-state index in [2.05, 4.69) is 5.32 Å². The van der Waals surface area contributed by atoms with Crippen molar-refractivity contribution in [3.63, 3.8) is 0 Å². The molecule has 1 aromatic carbocycles. The van der Waals surface area contributed by atoms with Crippen molar-refractivity contribution in [3.8, 4) is 5.75 Å². The first-order valence-corrected chi connectivity index (χ1v) is 5.91. The van der Waals surface area contributed by atoms with E-state index < -0.39 is 18.0 Å². The Morgan fingerprint density at radius 1 is 1.56 bits per heavy atom. The highest BCUT2D eigenvalue weighted by Gasteiger charge is 2.15. The number of ether oxygens (including phenoxy) is 1. The van der Waals surface area contributed by atoms with Gasteiger partial charge >= 0.3 is 0 Å². The number of rotatable bonds is 6. The maximum atomic E-state index is 12.9. The maximum absolute atomic E-state index is 12.9. The quantitative estimate of drug-likeness (QED) is 0.809. The van der Waals surface area contributed by atoms with Crippen LogP contribution in [0.15, 0.2) is 24.3 Å². The van der Waals surface area contributed by atoms with Crippen LogP contribution in [0.3, 0.4) is 0 Å². The fourth-order valence-corrected chi connectivity index (χ4v) is 1.30. The van der Waals surface area contributed by atoms with Crippen LogP contribution in [0.1, 0.15) is 20.3 Å². The second kappa shape index (κ2) is 6.96. The minimum atomic E-state index is -0.740. The zero-order valence-corrected chi connectivity index (χ0v) is 10.5. The Hall–Kier alpha value is -1.62. The molecule has 0 spiro atoms. The van der Waals surface area contributed by atoms with Crippen LogP contribution in [-0.4, -0.2) is 29.8 Å². The van der Waals surface area contributed by atoms with Crippen LogP contribution in [0, 0.1) is 5.82 Å². The minimum absolute atomic E-state index is 0.187. The van der Waals surface area contributed by atoms with E-state index in [9.17, 15) is 14.3 Å². The Balaban J connectivity index is 2.45. The summed E-state index contributed by atoms with van der Waals surface area (Å²) in [6, 6.07) is 5.60. The lowest BCUT2D eigenvalue weighted by Crippen LogP contribution is -2.40. The number of carbonyl (C=O) groups excluding carboxylic acids is 1. The smallest absolute Gasteiger partial charge is 0.260 e. The predicted molar refractivity (Wildman–Crippen MR) is 65.8 cm³/mol. The molecule has 2 atom stereocenters. The Labute approximate surface area is 106 Å². The molecule has 2 unspecified atom stereocenters. The molecule has 5 heteroatoms. The average Bonchev–Trinajstić information content (AvgIpc) is 2.35. The fraction of sp³-hybridized carbons (Fsp3) is 0.462. The Kier molecular flexibility index (Phi) is 5.58. The van der Waals surface area contributed by atoms with Gasteiger partial charge in [-0.25, -0.2) is 4.39 Å². The summed E-state index contributed by atoms with van der Waals surface area (Å²) < 4.78 is 18.2. The molecule has 4 nitrogen and oxygen atoms in total. The molecule has 1 rings (SSSR count). The van der Waals surface area contributed by atoms with Crippen LogP contribution < -0.4 is 10.1 Å². The van der Waals surface area contributed by atoms with Crippen molar-refractivity contribution in [1.82, 2.24) is 5.32 Å². The van der Waals surface area contributed by atoms with E-state index in [0.717, 1.165) is 0 Å². The number of nitrogens with one attached hydrogen (secondary N) is 1. The van der Waals surface area contributed by atoms with Gasteiger partial charge in [0.15, 0.2) is 6.10 Å². The van der Waals surface area contributed by atoms with Gasteiger partial charge in [-0.1, -0.05) is 13.0 Å². The molecule has 0 heterocycles. The first-order chi connectivity index (χ1) is 8.52. The zero-order valence-electron chi connectivity index (χ0n) is 10.5. The van der Waals surface area contributed by atoms with Gasteiger partial charge in [0.05, 0.1) is 6.10 Å². The molecule has 0 saturated heterocycles. The molecule has 2 N–H and O–H groups in total. The van der Waals surface area contributed by atoms with Gasteiger partial charge in [0.2, 0.25) is 0 Å². The monoisotopic (exact) mass is 255 g/mol. The molecular formula is C13H18FNO3. The molecule has 0 saturated carbocycles. The van der Waals surface area contributed by atoms with Gasteiger partial charge in [-0.3, -0.25) is 4.79 Å². The van der Waals surface area contributed by atoms with Crippen molar-refractivity contribution in [2.24, 2.45) is 0 Å². The first kappa shape index (κ1) is 14.4. The van der Waals surface area contributed by atoms with E-state index in [-0.39, 0.29) is 12.5 Å². The number of amides is 1. The van der Waals surface area contributed by atoms with Gasteiger partial charge in [-0.2, -0.15) is 0 Å². The highest BCUT2D eigenvalue weighted by Crippen LogP contribution is 2.13. The fourth-order valence-electron chi connectivity index (χ4n) is 1.30. The number of aliphatic hydroxyl groups excluding tert-OH is 1. The van der Waals surface area contributed by atoms with Crippen molar-refractivity contribution in [2.75, 3.05) is 6.54 Å². The van der Waals surface area contributed by atoms with E-state index in [1.807, 2.05) is 6.92 Å². The third-order valence-corrected chi connectivity index (χ3v) is 2.46. The molecule has 0 aliphatic rings. The highest BCUT2D eigenvalue weighted by atomic mass is 19.1.